The van der Waals surface area contributed by atoms with Crippen molar-refractivity contribution >= 4 is 43.1 Å². The van der Waals surface area contributed by atoms with E-state index in [1.54, 1.807) is 0 Å². The Morgan fingerprint density at radius 3 is 1.68 bits per heavy atom. The second-order valence-corrected chi connectivity index (χ2v) is 9.29. The number of rotatable bonds is 1. The highest BCUT2D eigenvalue weighted by molar-refractivity contribution is 6.29. The molecule has 8 rings (SSSR count). The molecule has 0 heterocycles. The van der Waals surface area contributed by atoms with Gasteiger partial charge < -0.3 is 0 Å². The van der Waals surface area contributed by atoms with Crippen molar-refractivity contribution in [3.63, 3.8) is 0 Å². The highest BCUT2D eigenvalue weighted by Crippen LogP contribution is 2.51. The first-order chi connectivity index (χ1) is 16.9. The zero-order valence-corrected chi connectivity index (χ0v) is 18.5. The molecule has 0 atom stereocenters. The van der Waals surface area contributed by atoms with Crippen molar-refractivity contribution in [2.75, 3.05) is 0 Å². The van der Waals surface area contributed by atoms with E-state index >= 15 is 0 Å². The van der Waals surface area contributed by atoms with Gasteiger partial charge in [-0.1, -0.05) is 109 Å². The van der Waals surface area contributed by atoms with Crippen LogP contribution in [0.2, 0.25) is 0 Å². The normalized spacial score (nSPS) is 12.1. The van der Waals surface area contributed by atoms with Crippen LogP contribution in [0.4, 0.5) is 0 Å². The minimum Gasteiger partial charge on any atom is -0.0616 e. The van der Waals surface area contributed by atoms with Gasteiger partial charge in [-0.3, -0.25) is 0 Å². The number of fused-ring (bicyclic) bond motifs is 8. The summed E-state index contributed by atoms with van der Waals surface area (Å²) in [5.74, 6) is 0. The largest absolute Gasteiger partial charge is 0.0616 e. The summed E-state index contributed by atoms with van der Waals surface area (Å²) in [6.07, 6.45) is 0. The number of hydrogen-bond donors (Lipinski definition) is 0. The molecular formula is C34H20. The fourth-order valence-electron chi connectivity index (χ4n) is 6.13. The van der Waals surface area contributed by atoms with Gasteiger partial charge in [-0.05, 0) is 88.6 Å². The third-order valence-electron chi connectivity index (χ3n) is 7.59. The summed E-state index contributed by atoms with van der Waals surface area (Å²) in [4.78, 5) is 0. The molecule has 0 radical (unpaired) electrons. The Hall–Kier alpha value is -4.42. The highest BCUT2D eigenvalue weighted by Gasteiger charge is 2.23. The molecule has 7 aromatic rings. The van der Waals surface area contributed by atoms with Crippen LogP contribution in [0, 0.1) is 0 Å². The first-order valence-electron chi connectivity index (χ1n) is 11.9. The molecule has 34 heavy (non-hydrogen) atoms. The van der Waals surface area contributed by atoms with Gasteiger partial charge in [-0.15, -0.1) is 0 Å². The van der Waals surface area contributed by atoms with Gasteiger partial charge >= 0.3 is 0 Å². The van der Waals surface area contributed by atoms with Crippen molar-refractivity contribution in [2.24, 2.45) is 0 Å². The van der Waals surface area contributed by atoms with Crippen molar-refractivity contribution in [3.05, 3.63) is 121 Å². The SMILES string of the molecule is c1ccc2c(c1)-c1cccc3c1c-2cc1c2ccccc2c(-c2cccc4ccccc24)cc31. The predicted molar refractivity (Wildman–Crippen MR) is 146 cm³/mol. The van der Waals surface area contributed by atoms with Crippen LogP contribution in [0.5, 0.6) is 0 Å². The van der Waals surface area contributed by atoms with Crippen molar-refractivity contribution in [3.8, 4) is 33.4 Å². The molecule has 0 amide bonds. The molecule has 1 aliphatic carbocycles. The minimum absolute atomic E-state index is 1.28. The Balaban J connectivity index is 1.59. The molecule has 0 bridgehead atoms. The molecule has 0 N–H and O–H groups in total. The van der Waals surface area contributed by atoms with E-state index in [0.29, 0.717) is 0 Å². The Bertz CT molecular complexity index is 1950. The van der Waals surface area contributed by atoms with Gasteiger partial charge in [0.05, 0.1) is 0 Å². The zero-order valence-electron chi connectivity index (χ0n) is 18.5. The smallest absolute Gasteiger partial charge is 0.00199 e. The molecular weight excluding hydrogens is 408 g/mol. The van der Waals surface area contributed by atoms with Gasteiger partial charge in [0.15, 0.2) is 0 Å². The monoisotopic (exact) mass is 428 g/mol. The summed E-state index contributed by atoms with van der Waals surface area (Å²) in [5, 5.41) is 10.6. The quantitative estimate of drug-likeness (QED) is 0.228. The van der Waals surface area contributed by atoms with E-state index < -0.39 is 0 Å². The van der Waals surface area contributed by atoms with Gasteiger partial charge in [0.2, 0.25) is 0 Å². The van der Waals surface area contributed by atoms with Crippen LogP contribution in [-0.4, -0.2) is 0 Å². The zero-order chi connectivity index (χ0) is 22.2. The van der Waals surface area contributed by atoms with Gasteiger partial charge in [-0.25, -0.2) is 0 Å². The molecule has 156 valence electrons. The van der Waals surface area contributed by atoms with Gasteiger partial charge in [0.1, 0.15) is 0 Å². The molecule has 0 heteroatoms. The summed E-state index contributed by atoms with van der Waals surface area (Å²) in [6.45, 7) is 0. The van der Waals surface area contributed by atoms with Crippen molar-refractivity contribution in [2.45, 2.75) is 0 Å². The average molecular weight is 429 g/mol. The minimum atomic E-state index is 1.28. The molecule has 1 aliphatic rings. The van der Waals surface area contributed by atoms with Crippen LogP contribution in [0.1, 0.15) is 0 Å². The summed E-state index contributed by atoms with van der Waals surface area (Å²) < 4.78 is 0. The summed E-state index contributed by atoms with van der Waals surface area (Å²) in [7, 11) is 0. The summed E-state index contributed by atoms with van der Waals surface area (Å²) in [5.41, 5.74) is 8.00. The van der Waals surface area contributed by atoms with Gasteiger partial charge in [0, 0.05) is 0 Å². The highest BCUT2D eigenvalue weighted by atomic mass is 14.3. The molecule has 0 spiro atoms. The molecule has 7 aromatic carbocycles. The van der Waals surface area contributed by atoms with Crippen LogP contribution in [0.15, 0.2) is 121 Å². The Morgan fingerprint density at radius 2 is 0.794 bits per heavy atom. The fourth-order valence-corrected chi connectivity index (χ4v) is 6.13. The van der Waals surface area contributed by atoms with Crippen LogP contribution < -0.4 is 0 Å². The van der Waals surface area contributed by atoms with E-state index in [-0.39, 0.29) is 0 Å². The second-order valence-electron chi connectivity index (χ2n) is 9.29. The van der Waals surface area contributed by atoms with E-state index in [1.807, 2.05) is 0 Å². The molecule has 0 fully saturated rings. The molecule has 0 unspecified atom stereocenters. The van der Waals surface area contributed by atoms with E-state index in [0.717, 1.165) is 0 Å². The lowest BCUT2D eigenvalue weighted by Crippen LogP contribution is -1.88. The third-order valence-corrected chi connectivity index (χ3v) is 7.59. The lowest BCUT2D eigenvalue weighted by molar-refractivity contribution is 1.70. The van der Waals surface area contributed by atoms with Crippen LogP contribution in [0.25, 0.3) is 76.5 Å². The van der Waals surface area contributed by atoms with Crippen LogP contribution in [0.3, 0.4) is 0 Å². The topological polar surface area (TPSA) is 0 Å². The predicted octanol–water partition coefficient (Wildman–Crippen LogP) is 9.61. The van der Waals surface area contributed by atoms with Crippen LogP contribution >= 0.6 is 0 Å². The van der Waals surface area contributed by atoms with E-state index in [2.05, 4.69) is 121 Å². The molecule has 0 nitrogen and oxygen atoms in total. The Kier molecular flexibility index (Phi) is 3.48. The second kappa shape index (κ2) is 6.56. The lowest BCUT2D eigenvalue weighted by atomic mass is 9.88. The molecule has 0 aliphatic heterocycles. The Morgan fingerprint density at radius 1 is 0.265 bits per heavy atom. The Labute approximate surface area is 197 Å². The van der Waals surface area contributed by atoms with Gasteiger partial charge in [0.25, 0.3) is 0 Å². The van der Waals surface area contributed by atoms with Crippen LogP contribution in [-0.2, 0) is 0 Å². The van der Waals surface area contributed by atoms with Crippen molar-refractivity contribution < 1.29 is 0 Å². The van der Waals surface area contributed by atoms with E-state index in [4.69, 9.17) is 0 Å². The standard InChI is InChI=1S/C34H20/c1-2-11-22-21(9-1)10-7-16-23(22)30-19-32-29-18-8-17-28-24-12-3-6-15-27(24)33(34(28)29)20-31(32)26-14-5-4-13-25(26)30/h1-20H. The first kappa shape index (κ1) is 18.1. The third kappa shape index (κ3) is 2.27. The maximum absolute atomic E-state index is 2.44. The van der Waals surface area contributed by atoms with Crippen molar-refractivity contribution in [1.29, 1.82) is 0 Å². The van der Waals surface area contributed by atoms with Crippen molar-refractivity contribution in [1.82, 2.24) is 0 Å². The molecule has 0 saturated carbocycles. The summed E-state index contributed by atoms with van der Waals surface area (Å²) >= 11 is 0. The fraction of sp³-hybridized carbons (Fsp3) is 0. The maximum atomic E-state index is 2.44. The molecule has 0 aromatic heterocycles. The van der Waals surface area contributed by atoms with E-state index in [1.165, 1.54) is 76.5 Å². The maximum Gasteiger partial charge on any atom is -0.00199 e. The summed E-state index contributed by atoms with van der Waals surface area (Å²) in [6, 6.07) is 44.8. The van der Waals surface area contributed by atoms with E-state index in [9.17, 15) is 0 Å². The average Bonchev–Trinajstić information content (AvgIpc) is 3.23. The number of hydrogen-bond acceptors (Lipinski definition) is 0. The molecule has 0 saturated heterocycles. The first-order valence-corrected chi connectivity index (χ1v) is 11.9. The van der Waals surface area contributed by atoms with Gasteiger partial charge in [-0.2, -0.15) is 0 Å². The number of benzene rings is 7. The lowest BCUT2D eigenvalue weighted by Gasteiger charge is -2.16.